The highest BCUT2D eigenvalue weighted by atomic mass is 32.1. The van der Waals surface area contributed by atoms with Gasteiger partial charge in [0.1, 0.15) is 0 Å². The zero-order valence-electron chi connectivity index (χ0n) is 12.2. The number of carbonyl (C=O) groups is 2. The van der Waals surface area contributed by atoms with Crippen molar-refractivity contribution in [1.82, 2.24) is 4.90 Å². The van der Waals surface area contributed by atoms with Gasteiger partial charge in [-0.05, 0) is 32.9 Å². The van der Waals surface area contributed by atoms with Gasteiger partial charge in [0, 0.05) is 30.8 Å². The number of Topliss-reactive ketones (excluding diaryl/α,β-unsaturated/α-hetero) is 1. The van der Waals surface area contributed by atoms with Gasteiger partial charge >= 0.3 is 0 Å². The summed E-state index contributed by atoms with van der Waals surface area (Å²) in [5.41, 5.74) is 0. The molecule has 0 aromatic carbocycles. The molecule has 1 aromatic heterocycles. The second-order valence-electron chi connectivity index (χ2n) is 5.39. The van der Waals surface area contributed by atoms with Gasteiger partial charge in [0.2, 0.25) is 5.91 Å². The first kappa shape index (κ1) is 15.2. The number of morpholine rings is 1. The van der Waals surface area contributed by atoms with Crippen molar-refractivity contribution in [3.05, 3.63) is 21.9 Å². The predicted molar refractivity (Wildman–Crippen MR) is 79.2 cm³/mol. The lowest BCUT2D eigenvalue weighted by Gasteiger charge is -2.35. The lowest BCUT2D eigenvalue weighted by Crippen LogP contribution is -2.48. The van der Waals surface area contributed by atoms with E-state index < -0.39 is 0 Å². The number of amides is 1. The van der Waals surface area contributed by atoms with Crippen molar-refractivity contribution < 1.29 is 14.3 Å². The van der Waals surface area contributed by atoms with E-state index in [0.717, 1.165) is 9.75 Å². The molecule has 5 heteroatoms. The Morgan fingerprint density at radius 2 is 1.90 bits per heavy atom. The van der Waals surface area contributed by atoms with E-state index >= 15 is 0 Å². The predicted octanol–water partition coefficient (Wildman–Crippen LogP) is 2.66. The molecule has 1 saturated heterocycles. The van der Waals surface area contributed by atoms with Crippen LogP contribution in [0, 0.1) is 6.92 Å². The number of thiophene rings is 1. The quantitative estimate of drug-likeness (QED) is 0.802. The van der Waals surface area contributed by atoms with Crippen LogP contribution >= 0.6 is 11.3 Å². The number of nitrogens with zero attached hydrogens (tertiary/aromatic N) is 1. The van der Waals surface area contributed by atoms with Crippen LogP contribution in [0.3, 0.4) is 0 Å². The largest absolute Gasteiger partial charge is 0.372 e. The Morgan fingerprint density at radius 3 is 2.45 bits per heavy atom. The van der Waals surface area contributed by atoms with Crippen molar-refractivity contribution in [3.8, 4) is 0 Å². The summed E-state index contributed by atoms with van der Waals surface area (Å²) in [5.74, 6) is 0.111. The molecule has 0 radical (unpaired) electrons. The molecular weight excluding hydrogens is 274 g/mol. The molecule has 4 nitrogen and oxygen atoms in total. The highest BCUT2D eigenvalue weighted by Crippen LogP contribution is 2.18. The minimum Gasteiger partial charge on any atom is -0.372 e. The van der Waals surface area contributed by atoms with Crippen LogP contribution in [0.4, 0.5) is 0 Å². The smallest absolute Gasteiger partial charge is 0.223 e. The third-order valence-electron chi connectivity index (χ3n) is 3.35. The number of rotatable bonds is 4. The van der Waals surface area contributed by atoms with Gasteiger partial charge in [-0.15, -0.1) is 11.3 Å². The second kappa shape index (κ2) is 6.50. The van der Waals surface area contributed by atoms with E-state index in [9.17, 15) is 9.59 Å². The third-order valence-corrected chi connectivity index (χ3v) is 4.40. The van der Waals surface area contributed by atoms with Crippen LogP contribution in [0.15, 0.2) is 12.1 Å². The molecule has 2 heterocycles. The van der Waals surface area contributed by atoms with Crippen LogP contribution in [0.2, 0.25) is 0 Å². The van der Waals surface area contributed by atoms with E-state index in [1.54, 1.807) is 0 Å². The van der Waals surface area contributed by atoms with Gasteiger partial charge in [-0.25, -0.2) is 0 Å². The average Bonchev–Trinajstić information content (AvgIpc) is 2.81. The Hall–Kier alpha value is -1.20. The molecule has 2 rings (SSSR count). The standard InChI is InChI=1S/C15H21NO3S/c1-10-8-16(9-11(2)19-10)15(18)7-5-13(17)14-6-4-12(3)20-14/h4,6,10-11H,5,7-9H2,1-3H3. The molecule has 1 fully saturated rings. The van der Waals surface area contributed by atoms with Crippen molar-refractivity contribution in [2.45, 2.75) is 45.8 Å². The molecule has 1 aromatic rings. The molecule has 0 N–H and O–H groups in total. The fraction of sp³-hybridized carbons (Fsp3) is 0.600. The van der Waals surface area contributed by atoms with E-state index in [1.807, 2.05) is 37.8 Å². The highest BCUT2D eigenvalue weighted by Gasteiger charge is 2.26. The molecule has 0 aliphatic carbocycles. The van der Waals surface area contributed by atoms with Gasteiger partial charge < -0.3 is 9.64 Å². The summed E-state index contributed by atoms with van der Waals surface area (Å²) < 4.78 is 5.61. The SMILES string of the molecule is Cc1ccc(C(=O)CCC(=O)N2CC(C)OC(C)C2)s1. The second-order valence-corrected chi connectivity index (χ2v) is 6.68. The van der Waals surface area contributed by atoms with Crippen LogP contribution in [0.25, 0.3) is 0 Å². The molecule has 2 atom stereocenters. The Balaban J connectivity index is 1.84. The molecule has 0 bridgehead atoms. The van der Waals surface area contributed by atoms with Gasteiger partial charge in [-0.2, -0.15) is 0 Å². The first-order chi connectivity index (χ1) is 9.45. The third kappa shape index (κ3) is 3.90. The molecule has 0 spiro atoms. The van der Waals surface area contributed by atoms with E-state index in [1.165, 1.54) is 11.3 Å². The van der Waals surface area contributed by atoms with Crippen molar-refractivity contribution in [2.24, 2.45) is 0 Å². The molecule has 1 aliphatic rings. The topological polar surface area (TPSA) is 46.6 Å². The van der Waals surface area contributed by atoms with Gasteiger partial charge in [-0.1, -0.05) is 0 Å². The maximum absolute atomic E-state index is 12.2. The van der Waals surface area contributed by atoms with Crippen LogP contribution in [-0.4, -0.2) is 41.9 Å². The fourth-order valence-corrected chi connectivity index (χ4v) is 3.30. The summed E-state index contributed by atoms with van der Waals surface area (Å²) in [6.45, 7) is 7.15. The van der Waals surface area contributed by atoms with Gasteiger partial charge in [-0.3, -0.25) is 9.59 Å². The molecule has 1 amide bonds. The van der Waals surface area contributed by atoms with Gasteiger partial charge in [0.05, 0.1) is 17.1 Å². The van der Waals surface area contributed by atoms with Crippen molar-refractivity contribution in [3.63, 3.8) is 0 Å². The normalized spacial score (nSPS) is 22.9. The average molecular weight is 295 g/mol. The number of carbonyl (C=O) groups excluding carboxylic acids is 2. The highest BCUT2D eigenvalue weighted by molar-refractivity contribution is 7.14. The van der Waals surface area contributed by atoms with E-state index in [-0.39, 0.29) is 30.3 Å². The molecule has 0 saturated carbocycles. The maximum Gasteiger partial charge on any atom is 0.223 e. The molecule has 20 heavy (non-hydrogen) atoms. The van der Waals surface area contributed by atoms with Crippen LogP contribution in [0.5, 0.6) is 0 Å². The van der Waals surface area contributed by atoms with Crippen molar-refractivity contribution >= 4 is 23.0 Å². The monoisotopic (exact) mass is 295 g/mol. The number of ketones is 1. The summed E-state index contributed by atoms with van der Waals surface area (Å²) >= 11 is 1.49. The summed E-state index contributed by atoms with van der Waals surface area (Å²) in [4.78, 5) is 27.8. The summed E-state index contributed by atoms with van der Waals surface area (Å²) in [6.07, 6.45) is 0.713. The van der Waals surface area contributed by atoms with Crippen molar-refractivity contribution in [1.29, 1.82) is 0 Å². The Morgan fingerprint density at radius 1 is 1.25 bits per heavy atom. The van der Waals surface area contributed by atoms with E-state index in [0.29, 0.717) is 19.5 Å². The Kier molecular flexibility index (Phi) is 4.94. The van der Waals surface area contributed by atoms with Gasteiger partial charge in [0.25, 0.3) is 0 Å². The Labute approximate surface area is 123 Å². The van der Waals surface area contributed by atoms with Crippen LogP contribution in [0.1, 0.15) is 41.2 Å². The molecule has 110 valence electrons. The summed E-state index contributed by atoms with van der Waals surface area (Å²) in [7, 11) is 0. The first-order valence-electron chi connectivity index (χ1n) is 6.98. The number of aryl methyl sites for hydroxylation is 1. The van der Waals surface area contributed by atoms with Gasteiger partial charge in [0.15, 0.2) is 5.78 Å². The van der Waals surface area contributed by atoms with Crippen molar-refractivity contribution in [2.75, 3.05) is 13.1 Å². The zero-order chi connectivity index (χ0) is 14.7. The first-order valence-corrected chi connectivity index (χ1v) is 7.80. The molecule has 2 unspecified atom stereocenters. The van der Waals surface area contributed by atoms with Crippen LogP contribution < -0.4 is 0 Å². The van der Waals surface area contributed by atoms with E-state index in [2.05, 4.69) is 0 Å². The summed E-state index contributed by atoms with van der Waals surface area (Å²) in [6, 6.07) is 3.77. The minimum absolute atomic E-state index is 0.0497. The molecule has 1 aliphatic heterocycles. The lowest BCUT2D eigenvalue weighted by atomic mass is 10.1. The maximum atomic E-state index is 12.2. The number of hydrogen-bond donors (Lipinski definition) is 0. The zero-order valence-corrected chi connectivity index (χ0v) is 13.0. The number of hydrogen-bond acceptors (Lipinski definition) is 4. The minimum atomic E-state index is 0.0497. The van der Waals surface area contributed by atoms with Crippen LogP contribution in [-0.2, 0) is 9.53 Å². The van der Waals surface area contributed by atoms with E-state index in [4.69, 9.17) is 4.74 Å². The molecular formula is C15H21NO3S. The summed E-state index contributed by atoms with van der Waals surface area (Å²) in [5, 5.41) is 0. The fourth-order valence-electron chi connectivity index (χ4n) is 2.47. The lowest BCUT2D eigenvalue weighted by molar-refractivity contribution is -0.143. The Bertz CT molecular complexity index is 487. The number of ether oxygens (including phenoxy) is 1.